The van der Waals surface area contributed by atoms with Crippen molar-refractivity contribution in [3.05, 3.63) is 23.0 Å². The van der Waals surface area contributed by atoms with Crippen LogP contribution >= 0.6 is 0 Å². The van der Waals surface area contributed by atoms with Crippen LogP contribution < -0.4 is 0 Å². The topological polar surface area (TPSA) is 71.4 Å². The van der Waals surface area contributed by atoms with Crippen molar-refractivity contribution in [3.63, 3.8) is 0 Å². The monoisotopic (exact) mass is 191 g/mol. The van der Waals surface area contributed by atoms with E-state index in [1.165, 1.54) is 12.1 Å². The van der Waals surface area contributed by atoms with Gasteiger partial charge in [-0.2, -0.15) is 15.8 Å². The van der Waals surface area contributed by atoms with Crippen molar-refractivity contribution in [3.8, 4) is 18.2 Å². The van der Waals surface area contributed by atoms with E-state index in [1.807, 2.05) is 0 Å². The Hall–Kier alpha value is -2.19. The van der Waals surface area contributed by atoms with Gasteiger partial charge in [-0.1, -0.05) is 0 Å². The number of nitrogens with zero attached hydrogens (tertiary/aromatic N) is 3. The summed E-state index contributed by atoms with van der Waals surface area (Å²) in [4.78, 5) is 0. The molecular formula is C9H3F2N3. The average molecular weight is 191 g/mol. The molecule has 0 N–H and O–H groups in total. The Morgan fingerprint density at radius 1 is 1.21 bits per heavy atom. The molecule has 0 aromatic rings. The quantitative estimate of drug-likeness (QED) is 0.584. The lowest BCUT2D eigenvalue weighted by molar-refractivity contribution is 0.337. The lowest BCUT2D eigenvalue weighted by Gasteiger charge is -2.15. The van der Waals surface area contributed by atoms with Crippen LogP contribution in [0.15, 0.2) is 23.0 Å². The summed E-state index contributed by atoms with van der Waals surface area (Å²) in [6.07, 6.45) is -1.09. The fraction of sp³-hybridized carbons (Fsp3) is 0.222. The van der Waals surface area contributed by atoms with Crippen LogP contribution in [0.5, 0.6) is 0 Å². The third kappa shape index (κ3) is 1.34. The molecular weight excluding hydrogens is 188 g/mol. The Morgan fingerprint density at radius 2 is 1.86 bits per heavy atom. The Balaban J connectivity index is 3.29. The van der Waals surface area contributed by atoms with Gasteiger partial charge in [-0.3, -0.25) is 0 Å². The molecule has 1 rings (SSSR count). The molecule has 2 atom stereocenters. The van der Waals surface area contributed by atoms with Gasteiger partial charge in [-0.25, -0.2) is 8.78 Å². The summed E-state index contributed by atoms with van der Waals surface area (Å²) in [6.45, 7) is 0. The second-order valence-corrected chi connectivity index (χ2v) is 2.59. The molecule has 2 unspecified atom stereocenters. The van der Waals surface area contributed by atoms with Gasteiger partial charge in [0.05, 0.1) is 11.6 Å². The first-order chi connectivity index (χ1) is 6.65. The highest BCUT2D eigenvalue weighted by Crippen LogP contribution is 2.31. The molecule has 0 spiro atoms. The molecule has 5 heteroatoms. The van der Waals surface area contributed by atoms with Crippen molar-refractivity contribution in [2.75, 3.05) is 0 Å². The van der Waals surface area contributed by atoms with Crippen LogP contribution in [-0.2, 0) is 0 Å². The van der Waals surface area contributed by atoms with Crippen molar-refractivity contribution in [1.29, 1.82) is 15.8 Å². The van der Waals surface area contributed by atoms with Crippen molar-refractivity contribution in [2.24, 2.45) is 5.92 Å². The van der Waals surface area contributed by atoms with Crippen molar-refractivity contribution in [2.45, 2.75) is 6.17 Å². The predicted octanol–water partition coefficient (Wildman–Crippen LogP) is 1.68. The van der Waals surface area contributed by atoms with Gasteiger partial charge < -0.3 is 0 Å². The molecule has 0 aromatic heterocycles. The molecule has 0 bridgehead atoms. The summed E-state index contributed by atoms with van der Waals surface area (Å²) in [5.74, 6) is -2.44. The van der Waals surface area contributed by atoms with E-state index in [-0.39, 0.29) is 0 Å². The minimum atomic E-state index is -1.98. The number of rotatable bonds is 0. The number of nitriles is 3. The molecule has 14 heavy (non-hydrogen) atoms. The third-order valence-electron chi connectivity index (χ3n) is 1.80. The van der Waals surface area contributed by atoms with Crippen LogP contribution in [-0.4, -0.2) is 6.17 Å². The first-order valence-electron chi connectivity index (χ1n) is 3.61. The van der Waals surface area contributed by atoms with Crippen molar-refractivity contribution in [1.82, 2.24) is 0 Å². The predicted molar refractivity (Wildman–Crippen MR) is 41.4 cm³/mol. The lowest BCUT2D eigenvalue weighted by Crippen LogP contribution is -2.20. The zero-order valence-electron chi connectivity index (χ0n) is 6.83. The second-order valence-electron chi connectivity index (χ2n) is 2.59. The summed E-state index contributed by atoms with van der Waals surface area (Å²) in [5.41, 5.74) is -1.24. The summed E-state index contributed by atoms with van der Waals surface area (Å²) in [5, 5.41) is 25.3. The van der Waals surface area contributed by atoms with E-state index in [9.17, 15) is 8.78 Å². The van der Waals surface area contributed by atoms with Gasteiger partial charge in [-0.15, -0.1) is 0 Å². The van der Waals surface area contributed by atoms with Gasteiger partial charge >= 0.3 is 0 Å². The second kappa shape index (κ2) is 3.68. The van der Waals surface area contributed by atoms with Crippen LogP contribution in [0.1, 0.15) is 0 Å². The molecule has 0 saturated carbocycles. The van der Waals surface area contributed by atoms with E-state index in [2.05, 4.69) is 0 Å². The maximum atomic E-state index is 13.2. The minimum absolute atomic E-state index is 0.456. The van der Waals surface area contributed by atoms with E-state index in [0.29, 0.717) is 0 Å². The van der Waals surface area contributed by atoms with Crippen LogP contribution in [0.3, 0.4) is 0 Å². The maximum Gasteiger partial charge on any atom is 0.157 e. The molecule has 68 valence electrons. The highest BCUT2D eigenvalue weighted by Gasteiger charge is 2.32. The Bertz CT molecular complexity index is 442. The highest BCUT2D eigenvalue weighted by atomic mass is 19.1. The molecule has 0 heterocycles. The lowest BCUT2D eigenvalue weighted by atomic mass is 9.89. The average Bonchev–Trinajstić information content (AvgIpc) is 2.19. The molecule has 1 aliphatic rings. The minimum Gasteiger partial charge on any atom is -0.240 e. The number of halogens is 2. The summed E-state index contributed by atoms with van der Waals surface area (Å²) >= 11 is 0. The zero-order valence-corrected chi connectivity index (χ0v) is 6.83. The zero-order chi connectivity index (χ0) is 10.7. The number of allylic oxidation sites excluding steroid dienone is 4. The van der Waals surface area contributed by atoms with E-state index >= 15 is 0 Å². The van der Waals surface area contributed by atoms with Crippen LogP contribution in [0.2, 0.25) is 0 Å². The van der Waals surface area contributed by atoms with Gasteiger partial charge in [0, 0.05) is 0 Å². The molecule has 3 nitrogen and oxygen atoms in total. The van der Waals surface area contributed by atoms with Crippen LogP contribution in [0, 0.1) is 39.9 Å². The largest absolute Gasteiger partial charge is 0.240 e. The standard InChI is InChI=1S/C9H3F2N3/c10-8-5(2-12)1-6(3-13)9(11)7(8)4-14/h1,5,8H. The molecule has 0 aliphatic heterocycles. The van der Waals surface area contributed by atoms with E-state index < -0.39 is 29.1 Å². The Labute approximate surface area is 78.8 Å². The van der Waals surface area contributed by atoms with E-state index in [4.69, 9.17) is 15.8 Å². The Kier molecular flexibility index (Phi) is 2.60. The van der Waals surface area contributed by atoms with E-state index in [1.54, 1.807) is 6.07 Å². The van der Waals surface area contributed by atoms with Gasteiger partial charge in [0.25, 0.3) is 0 Å². The number of hydrogen-bond donors (Lipinski definition) is 0. The van der Waals surface area contributed by atoms with Gasteiger partial charge in [0.1, 0.15) is 23.6 Å². The van der Waals surface area contributed by atoms with Gasteiger partial charge in [-0.05, 0) is 6.08 Å². The fourth-order valence-corrected chi connectivity index (χ4v) is 1.08. The fourth-order valence-electron chi connectivity index (χ4n) is 1.08. The van der Waals surface area contributed by atoms with E-state index in [0.717, 1.165) is 6.08 Å². The third-order valence-corrected chi connectivity index (χ3v) is 1.80. The van der Waals surface area contributed by atoms with Crippen molar-refractivity contribution >= 4 is 0 Å². The first-order valence-corrected chi connectivity index (χ1v) is 3.61. The molecule has 0 radical (unpaired) electrons. The SMILES string of the molecule is N#CC1=CC(C#N)C(F)C(C#N)=C1F. The smallest absolute Gasteiger partial charge is 0.157 e. The molecule has 0 amide bonds. The number of hydrogen-bond acceptors (Lipinski definition) is 3. The number of alkyl halides is 1. The highest BCUT2D eigenvalue weighted by molar-refractivity contribution is 5.51. The van der Waals surface area contributed by atoms with Gasteiger partial charge in [0.2, 0.25) is 0 Å². The van der Waals surface area contributed by atoms with Crippen LogP contribution in [0.4, 0.5) is 8.78 Å². The normalized spacial score (nSPS) is 25.8. The van der Waals surface area contributed by atoms with Crippen molar-refractivity contribution < 1.29 is 8.78 Å². The summed E-state index contributed by atoms with van der Waals surface area (Å²) in [6, 6.07) is 4.33. The molecule has 0 fully saturated rings. The summed E-state index contributed by atoms with van der Waals surface area (Å²) < 4.78 is 26.3. The van der Waals surface area contributed by atoms with Gasteiger partial charge in [0.15, 0.2) is 12.0 Å². The first kappa shape index (κ1) is 9.89. The summed E-state index contributed by atoms with van der Waals surface area (Å²) in [7, 11) is 0. The molecule has 0 saturated heterocycles. The molecule has 1 aliphatic carbocycles. The Morgan fingerprint density at radius 3 is 2.29 bits per heavy atom. The maximum absolute atomic E-state index is 13.2. The molecule has 0 aromatic carbocycles. The van der Waals surface area contributed by atoms with Crippen LogP contribution in [0.25, 0.3) is 0 Å².